The smallest absolute Gasteiger partial charge is 0.220 e. The minimum atomic E-state index is -0.411. The van der Waals surface area contributed by atoms with E-state index < -0.39 is 6.10 Å². The maximum Gasteiger partial charge on any atom is 0.220 e. The Morgan fingerprint density at radius 1 is 1.06 bits per heavy atom. The van der Waals surface area contributed by atoms with Gasteiger partial charge in [-0.1, -0.05) is 54.1 Å². The fourth-order valence-corrected chi connectivity index (χ4v) is 8.32. The lowest BCUT2D eigenvalue weighted by atomic mass is 9.79. The first-order valence-electron chi connectivity index (χ1n) is 17.7. The first-order valence-corrected chi connectivity index (χ1v) is 18.0. The number of rotatable bonds is 10. The molecule has 11 heteroatoms. The number of pyridine rings is 3. The van der Waals surface area contributed by atoms with Crippen LogP contribution >= 0.6 is 11.6 Å². The maximum atomic E-state index is 11.8. The van der Waals surface area contributed by atoms with E-state index in [9.17, 15) is 9.90 Å². The van der Waals surface area contributed by atoms with Gasteiger partial charge in [0, 0.05) is 115 Å². The van der Waals surface area contributed by atoms with E-state index >= 15 is 0 Å². The van der Waals surface area contributed by atoms with Gasteiger partial charge in [0.05, 0.1) is 40.7 Å². The van der Waals surface area contributed by atoms with Gasteiger partial charge in [0.25, 0.3) is 0 Å². The molecular formula is C41H42ClN7O3. The predicted octanol–water partition coefficient (Wildman–Crippen LogP) is 6.28. The van der Waals surface area contributed by atoms with E-state index in [0.717, 1.165) is 91.9 Å². The number of likely N-dealkylation sites (tertiary alicyclic amines) is 1. The Labute approximate surface area is 307 Å². The summed E-state index contributed by atoms with van der Waals surface area (Å²) in [5.74, 6) is 0.721. The number of nitrogens with zero attached hydrogens (tertiary/aromatic N) is 5. The van der Waals surface area contributed by atoms with Crippen molar-refractivity contribution in [3.05, 3.63) is 94.9 Å². The number of carbonyl (C=O) groups excluding carboxylic acids is 1. The topological polar surface area (TPSA) is 117 Å². The second-order valence-corrected chi connectivity index (χ2v) is 14.9. The SMILES string of the molecule is COc1nc(-c2cccc(-c3cccc4c(-c5nc(C)cc6cc(CNC[C@@H](C)O)cnc56)cn(C)c34)c2Cl)ccc1CN1CC2(CNC(=O)C2)C1. The molecule has 0 unspecified atom stereocenters. The van der Waals surface area contributed by atoms with Gasteiger partial charge in [-0.3, -0.25) is 19.7 Å². The molecule has 2 fully saturated rings. The molecule has 2 aromatic carbocycles. The highest BCUT2D eigenvalue weighted by atomic mass is 35.5. The number of amides is 1. The Kier molecular flexibility index (Phi) is 8.95. The molecule has 1 spiro atoms. The van der Waals surface area contributed by atoms with E-state index in [1.807, 2.05) is 31.3 Å². The number of aromatic nitrogens is 4. The van der Waals surface area contributed by atoms with Crippen LogP contribution in [0.2, 0.25) is 5.02 Å². The number of para-hydroxylation sites is 1. The summed E-state index contributed by atoms with van der Waals surface area (Å²) in [6.45, 7) is 8.15. The molecule has 0 saturated carbocycles. The van der Waals surface area contributed by atoms with Crippen molar-refractivity contribution >= 4 is 39.3 Å². The van der Waals surface area contributed by atoms with Gasteiger partial charge >= 0.3 is 0 Å². The van der Waals surface area contributed by atoms with Gasteiger partial charge < -0.3 is 25.0 Å². The summed E-state index contributed by atoms with van der Waals surface area (Å²) in [6.07, 6.45) is 4.20. The number of aliphatic hydroxyl groups is 1. The van der Waals surface area contributed by atoms with Crippen molar-refractivity contribution in [3.63, 3.8) is 0 Å². The lowest BCUT2D eigenvalue weighted by Crippen LogP contribution is -2.56. The van der Waals surface area contributed by atoms with Crippen LogP contribution in [-0.4, -0.2) is 74.8 Å². The van der Waals surface area contributed by atoms with Crippen molar-refractivity contribution in [1.82, 2.24) is 35.1 Å². The number of hydrogen-bond acceptors (Lipinski definition) is 8. The lowest BCUT2D eigenvalue weighted by molar-refractivity contribution is -0.120. The van der Waals surface area contributed by atoms with Crippen molar-refractivity contribution in [3.8, 4) is 39.5 Å². The predicted molar refractivity (Wildman–Crippen MR) is 205 cm³/mol. The summed E-state index contributed by atoms with van der Waals surface area (Å²) in [6, 6.07) is 20.7. The second kappa shape index (κ2) is 13.6. The molecule has 4 aromatic heterocycles. The van der Waals surface area contributed by atoms with Crippen LogP contribution < -0.4 is 15.4 Å². The number of carbonyl (C=O) groups is 1. The first kappa shape index (κ1) is 34.2. The van der Waals surface area contributed by atoms with Crippen LogP contribution in [0.25, 0.3) is 55.4 Å². The van der Waals surface area contributed by atoms with E-state index in [1.54, 1.807) is 14.0 Å². The van der Waals surface area contributed by atoms with Crippen LogP contribution in [0, 0.1) is 12.3 Å². The van der Waals surface area contributed by atoms with E-state index in [1.165, 1.54) is 0 Å². The van der Waals surface area contributed by atoms with Gasteiger partial charge in [-0.05, 0) is 37.6 Å². The highest BCUT2D eigenvalue weighted by Gasteiger charge is 2.48. The van der Waals surface area contributed by atoms with E-state index in [4.69, 9.17) is 31.3 Å². The molecule has 8 rings (SSSR count). The van der Waals surface area contributed by atoms with Gasteiger partial charge in [0.1, 0.15) is 0 Å². The number of nitrogens with one attached hydrogen (secondary N) is 2. The maximum absolute atomic E-state index is 11.8. The average molecular weight is 716 g/mol. The number of halogens is 1. The third kappa shape index (κ3) is 6.30. The van der Waals surface area contributed by atoms with Crippen molar-refractivity contribution in [2.24, 2.45) is 12.5 Å². The highest BCUT2D eigenvalue weighted by Crippen LogP contribution is 2.43. The number of methoxy groups -OCH3 is 1. The van der Waals surface area contributed by atoms with Gasteiger partial charge in [-0.15, -0.1) is 0 Å². The van der Waals surface area contributed by atoms with Crippen molar-refractivity contribution in [2.75, 3.05) is 33.3 Å². The van der Waals surface area contributed by atoms with E-state index in [2.05, 4.69) is 75.8 Å². The molecule has 0 radical (unpaired) electrons. The molecule has 0 bridgehead atoms. The number of benzene rings is 2. The number of aliphatic hydroxyl groups excluding tert-OH is 1. The molecule has 266 valence electrons. The summed E-state index contributed by atoms with van der Waals surface area (Å²) in [5.41, 5.74) is 10.2. The third-order valence-electron chi connectivity index (χ3n) is 10.3. The zero-order valence-corrected chi connectivity index (χ0v) is 30.6. The Bertz CT molecular complexity index is 2350. The lowest BCUT2D eigenvalue weighted by Gasteiger charge is -2.47. The summed E-state index contributed by atoms with van der Waals surface area (Å²) in [4.78, 5) is 28.9. The van der Waals surface area contributed by atoms with Crippen molar-refractivity contribution < 1.29 is 14.6 Å². The van der Waals surface area contributed by atoms with Gasteiger partial charge in [0.15, 0.2) is 0 Å². The molecule has 3 N–H and O–H groups in total. The fraction of sp³-hybridized carbons (Fsp3) is 0.317. The Balaban J connectivity index is 1.12. The summed E-state index contributed by atoms with van der Waals surface area (Å²) < 4.78 is 7.92. The van der Waals surface area contributed by atoms with Crippen molar-refractivity contribution in [2.45, 2.75) is 39.5 Å². The van der Waals surface area contributed by atoms with E-state index in [0.29, 0.717) is 37.0 Å². The molecule has 6 aromatic rings. The zero-order chi connectivity index (χ0) is 36.1. The number of ether oxygens (including phenoxy) is 1. The monoisotopic (exact) mass is 715 g/mol. The molecule has 52 heavy (non-hydrogen) atoms. The summed E-state index contributed by atoms with van der Waals surface area (Å²) in [5, 5.41) is 18.6. The van der Waals surface area contributed by atoms with Crippen LogP contribution in [0.3, 0.4) is 0 Å². The second-order valence-electron chi connectivity index (χ2n) is 14.5. The third-order valence-corrected chi connectivity index (χ3v) is 10.7. The molecule has 2 aliphatic rings. The highest BCUT2D eigenvalue weighted by molar-refractivity contribution is 6.36. The largest absolute Gasteiger partial charge is 0.481 e. The minimum Gasteiger partial charge on any atom is -0.481 e. The van der Waals surface area contributed by atoms with Crippen LogP contribution in [0.5, 0.6) is 5.88 Å². The Morgan fingerprint density at radius 3 is 2.62 bits per heavy atom. The number of aryl methyl sites for hydroxylation is 2. The fourth-order valence-electron chi connectivity index (χ4n) is 7.99. The normalized spacial score (nSPS) is 16.1. The van der Waals surface area contributed by atoms with Crippen LogP contribution in [0.4, 0.5) is 0 Å². The van der Waals surface area contributed by atoms with Crippen LogP contribution in [0.1, 0.15) is 30.2 Å². The molecule has 0 aliphatic carbocycles. The van der Waals surface area contributed by atoms with Gasteiger partial charge in [-0.2, -0.15) is 0 Å². The van der Waals surface area contributed by atoms with E-state index in [-0.39, 0.29) is 11.3 Å². The molecule has 2 saturated heterocycles. The minimum absolute atomic E-state index is 0.0665. The molecule has 10 nitrogen and oxygen atoms in total. The standard InChI is InChI=1S/C41H42ClN7O3/c1-24-13-28-14-26(17-43-16-25(2)50)18-44-37(28)38(46-24)33-20-48(3)39-30(8-6-9-31(33)39)29-7-5-10-32(36(29)42)34-12-11-27(40(47-34)52-4)19-49-22-41(23-49)15-35(51)45-21-41/h5-14,18,20,25,43,50H,15-17,19,21-23H2,1-4H3,(H,45,51)/t25-/m1/s1. The molecular weight excluding hydrogens is 674 g/mol. The van der Waals surface area contributed by atoms with Crippen LogP contribution in [0.15, 0.2) is 73.1 Å². The van der Waals surface area contributed by atoms with Crippen LogP contribution in [-0.2, 0) is 24.9 Å². The Morgan fingerprint density at radius 2 is 1.85 bits per heavy atom. The first-order chi connectivity index (χ1) is 25.1. The van der Waals surface area contributed by atoms with Crippen molar-refractivity contribution in [1.29, 1.82) is 0 Å². The molecule has 2 aliphatic heterocycles. The molecule has 1 atom stereocenters. The zero-order valence-electron chi connectivity index (χ0n) is 29.8. The molecule has 1 amide bonds. The van der Waals surface area contributed by atoms with Gasteiger partial charge in [-0.25, -0.2) is 4.98 Å². The summed E-state index contributed by atoms with van der Waals surface area (Å²) >= 11 is 7.28. The number of fused-ring (bicyclic) bond motifs is 2. The number of hydrogen-bond donors (Lipinski definition) is 3. The quantitative estimate of drug-likeness (QED) is 0.152. The van der Waals surface area contributed by atoms with Gasteiger partial charge in [0.2, 0.25) is 11.8 Å². The summed E-state index contributed by atoms with van der Waals surface area (Å²) in [7, 11) is 3.70. The molecule has 6 heterocycles. The Hall–Kier alpha value is -4.87. The average Bonchev–Trinajstić information content (AvgIpc) is 3.67.